The summed E-state index contributed by atoms with van der Waals surface area (Å²) in [4.78, 5) is 16.0. The van der Waals surface area contributed by atoms with Crippen LogP contribution in [-0.2, 0) is 22.1 Å². The smallest absolute Gasteiger partial charge is 0.263 e. The number of anilines is 1. The van der Waals surface area contributed by atoms with Crippen LogP contribution in [0, 0.1) is 23.7 Å². The van der Waals surface area contributed by atoms with Crippen molar-refractivity contribution in [3.8, 4) is 5.75 Å². The Morgan fingerprint density at radius 1 is 1.07 bits per heavy atom. The average molecular weight is 629 g/mol. The first kappa shape index (κ1) is 32.3. The van der Waals surface area contributed by atoms with E-state index in [1.165, 1.54) is 30.4 Å². The maximum absolute atomic E-state index is 13.5. The number of methoxy groups -OCH3 is 1. The van der Waals surface area contributed by atoms with Gasteiger partial charge in [-0.3, -0.25) is 9.52 Å². The van der Waals surface area contributed by atoms with Crippen molar-refractivity contribution in [1.82, 2.24) is 4.72 Å². The topological polar surface area (TPSA) is 67.9 Å². The van der Waals surface area contributed by atoms with E-state index in [1.54, 1.807) is 13.2 Å². The Labute approximate surface area is 265 Å². The summed E-state index contributed by atoms with van der Waals surface area (Å²) < 4.78 is 28.2. The second kappa shape index (κ2) is 14.8. The van der Waals surface area contributed by atoms with Crippen molar-refractivity contribution in [3.05, 3.63) is 58.1 Å². The van der Waals surface area contributed by atoms with Gasteiger partial charge in [0.15, 0.2) is 0 Å². The van der Waals surface area contributed by atoms with Gasteiger partial charge in [0.05, 0.1) is 17.5 Å². The number of fused-ring (bicyclic) bond motifs is 2. The minimum absolute atomic E-state index is 0.151. The van der Waals surface area contributed by atoms with Crippen molar-refractivity contribution in [1.29, 1.82) is 0 Å². The number of carbonyl (C=O) groups is 1. The molecule has 2 aromatic carbocycles. The Hall–Kier alpha value is -2.09. The van der Waals surface area contributed by atoms with Gasteiger partial charge in [-0.2, -0.15) is 0 Å². The first-order valence-electron chi connectivity index (χ1n) is 16.3. The molecule has 0 spiro atoms. The predicted molar refractivity (Wildman–Crippen MR) is 177 cm³/mol. The summed E-state index contributed by atoms with van der Waals surface area (Å²) in [5.74, 6) is 2.88. The van der Waals surface area contributed by atoms with Crippen LogP contribution in [0.1, 0.15) is 93.1 Å². The Bertz CT molecular complexity index is 1290. The zero-order valence-corrected chi connectivity index (χ0v) is 27.9. The molecule has 8 heteroatoms. The number of nitrogens with one attached hydrogen (secondary N) is 1. The molecule has 6 nitrogen and oxygen atoms in total. The molecule has 1 fully saturated rings. The second-order valence-corrected chi connectivity index (χ2v) is 15.0. The quantitative estimate of drug-likeness (QED) is 0.358. The number of aryl methyl sites for hydroxylation is 1. The molecule has 236 valence electrons. The fourth-order valence-electron chi connectivity index (χ4n) is 7.53. The molecule has 2 aromatic rings. The van der Waals surface area contributed by atoms with Gasteiger partial charge in [0.2, 0.25) is 0 Å². The number of amides is 1. The van der Waals surface area contributed by atoms with Crippen molar-refractivity contribution in [2.45, 2.75) is 83.3 Å². The van der Waals surface area contributed by atoms with Gasteiger partial charge in [-0.05, 0) is 97.2 Å². The molecule has 3 aliphatic rings. The monoisotopic (exact) mass is 628 g/mol. The van der Waals surface area contributed by atoms with Gasteiger partial charge in [0.1, 0.15) is 16.7 Å². The van der Waals surface area contributed by atoms with Crippen LogP contribution in [0.15, 0.2) is 36.4 Å². The van der Waals surface area contributed by atoms with Crippen molar-refractivity contribution < 1.29 is 18.5 Å². The number of benzene rings is 2. The first-order chi connectivity index (χ1) is 20.8. The summed E-state index contributed by atoms with van der Waals surface area (Å²) in [6.07, 6.45) is 8.50. The third-order valence-electron chi connectivity index (χ3n) is 10.2. The summed E-state index contributed by atoms with van der Waals surface area (Å²) in [6, 6.07) is 12.0. The van der Waals surface area contributed by atoms with Crippen LogP contribution in [0.5, 0.6) is 5.75 Å². The number of halogens is 1. The lowest BCUT2D eigenvalue weighted by atomic mass is 9.66. The summed E-state index contributed by atoms with van der Waals surface area (Å²) in [6.45, 7) is 9.66. The van der Waals surface area contributed by atoms with Crippen LogP contribution < -0.4 is 14.4 Å². The van der Waals surface area contributed by atoms with E-state index in [0.29, 0.717) is 43.0 Å². The fraction of sp³-hybridized carbons (Fsp3) is 0.629. The molecule has 0 saturated heterocycles. The lowest BCUT2D eigenvalue weighted by Gasteiger charge is -2.44. The third kappa shape index (κ3) is 7.59. The normalized spacial score (nSPS) is 29.9. The van der Waals surface area contributed by atoms with E-state index in [-0.39, 0.29) is 23.0 Å². The highest BCUT2D eigenvalue weighted by Gasteiger charge is 2.38. The van der Waals surface area contributed by atoms with Gasteiger partial charge < -0.3 is 14.4 Å². The largest absolute Gasteiger partial charge is 0.491 e. The Balaban J connectivity index is 1.49. The molecule has 5 rings (SSSR count). The molecule has 43 heavy (non-hydrogen) atoms. The molecular weight excluding hydrogens is 580 g/mol. The van der Waals surface area contributed by atoms with Gasteiger partial charge >= 0.3 is 0 Å². The minimum Gasteiger partial charge on any atom is -0.491 e. The molecule has 1 aliphatic carbocycles. The van der Waals surface area contributed by atoms with E-state index in [1.807, 2.05) is 18.2 Å². The summed E-state index contributed by atoms with van der Waals surface area (Å²) in [5.41, 5.74) is 4.07. The standard InChI is InChI=1S/C35H49ClN2O4S/c1-5-7-25-18-29(36)12-14-31(25)28-21-38-20-27-10-13-30(27)23(2)8-6-9-24(3)34(16-17-41-4)43(40)37-35(39)26-11-15-33(42-22-28)32(38)19-26/h11-12,14-15,18-19,23-24,27-28,30,34H,5-10,13,16-17,20-22H2,1-4H3,(H,37,39)/t23-,24?,27?,28?,30?,34?,43?/m1/s1. The van der Waals surface area contributed by atoms with Crippen molar-refractivity contribution in [3.63, 3.8) is 0 Å². The highest BCUT2D eigenvalue weighted by atomic mass is 35.5. The van der Waals surface area contributed by atoms with Gasteiger partial charge in [0, 0.05) is 43.3 Å². The number of nitrogens with zero attached hydrogens (tertiary/aromatic N) is 1. The summed E-state index contributed by atoms with van der Waals surface area (Å²) >= 11 is 6.42. The van der Waals surface area contributed by atoms with Crippen LogP contribution in [0.2, 0.25) is 5.02 Å². The van der Waals surface area contributed by atoms with Crippen LogP contribution in [-0.4, -0.2) is 48.8 Å². The summed E-state index contributed by atoms with van der Waals surface area (Å²) in [7, 11) is 0.161. The molecule has 0 radical (unpaired) electrons. The average Bonchev–Trinajstić information content (AvgIpc) is 3.14. The number of ether oxygens (including phenoxy) is 2. The zero-order chi connectivity index (χ0) is 30.5. The Morgan fingerprint density at radius 3 is 2.63 bits per heavy atom. The number of carbonyl (C=O) groups excluding carboxylic acids is 1. The van der Waals surface area contributed by atoms with E-state index >= 15 is 0 Å². The maximum Gasteiger partial charge on any atom is 0.263 e. The molecule has 2 bridgehead atoms. The van der Waals surface area contributed by atoms with E-state index in [2.05, 4.69) is 42.5 Å². The maximum atomic E-state index is 13.5. The minimum atomic E-state index is -1.51. The van der Waals surface area contributed by atoms with E-state index in [0.717, 1.165) is 55.2 Å². The lowest BCUT2D eigenvalue weighted by molar-refractivity contribution is 0.0981. The van der Waals surface area contributed by atoms with Crippen LogP contribution in [0.4, 0.5) is 5.69 Å². The van der Waals surface area contributed by atoms with Crippen molar-refractivity contribution in [2.75, 3.05) is 38.3 Å². The molecule has 1 amide bonds. The highest BCUT2D eigenvalue weighted by molar-refractivity contribution is 7.84. The molecule has 7 atom stereocenters. The molecule has 0 aromatic heterocycles. The number of hydrogen-bond acceptors (Lipinski definition) is 5. The van der Waals surface area contributed by atoms with E-state index < -0.39 is 11.0 Å². The molecule has 2 aliphatic heterocycles. The van der Waals surface area contributed by atoms with Crippen LogP contribution in [0.25, 0.3) is 0 Å². The Morgan fingerprint density at radius 2 is 1.88 bits per heavy atom. The van der Waals surface area contributed by atoms with Gasteiger partial charge in [-0.15, -0.1) is 0 Å². The molecule has 1 N–H and O–H groups in total. The molecule has 2 heterocycles. The third-order valence-corrected chi connectivity index (χ3v) is 12.1. The van der Waals surface area contributed by atoms with Gasteiger partial charge in [-0.25, -0.2) is 4.21 Å². The first-order valence-corrected chi connectivity index (χ1v) is 17.9. The number of rotatable bonds is 6. The highest BCUT2D eigenvalue weighted by Crippen LogP contribution is 2.45. The fourth-order valence-corrected chi connectivity index (χ4v) is 9.05. The molecule has 6 unspecified atom stereocenters. The van der Waals surface area contributed by atoms with Crippen LogP contribution in [0.3, 0.4) is 0 Å². The van der Waals surface area contributed by atoms with E-state index in [9.17, 15) is 9.00 Å². The van der Waals surface area contributed by atoms with Crippen molar-refractivity contribution >= 4 is 34.2 Å². The van der Waals surface area contributed by atoms with Gasteiger partial charge in [-0.1, -0.05) is 57.7 Å². The lowest BCUT2D eigenvalue weighted by Crippen LogP contribution is -2.42. The Kier molecular flexibility index (Phi) is 11.1. The summed E-state index contributed by atoms with van der Waals surface area (Å²) in [5, 5.41) is 0.620. The number of hydrogen-bond donors (Lipinski definition) is 1. The van der Waals surface area contributed by atoms with Crippen molar-refractivity contribution in [2.24, 2.45) is 23.7 Å². The zero-order valence-electron chi connectivity index (χ0n) is 26.3. The second-order valence-electron chi connectivity index (χ2n) is 13.1. The SMILES string of the molecule is CCCc1cc(Cl)ccc1C1COc2ccc3cc2N(C1)CC1CCC1[C@H](C)CCCC(C)C(CCOC)S(=O)NC3=O. The predicted octanol–water partition coefficient (Wildman–Crippen LogP) is 7.56. The molecular formula is C35H49ClN2O4S. The van der Waals surface area contributed by atoms with Crippen LogP contribution >= 0.6 is 11.6 Å². The molecule has 1 saturated carbocycles. The van der Waals surface area contributed by atoms with E-state index in [4.69, 9.17) is 21.1 Å². The van der Waals surface area contributed by atoms with Gasteiger partial charge in [0.25, 0.3) is 5.91 Å².